The van der Waals surface area contributed by atoms with Gasteiger partial charge in [0.15, 0.2) is 0 Å². The molecule has 0 amide bonds. The third-order valence-corrected chi connectivity index (χ3v) is 3.65. The van der Waals surface area contributed by atoms with Crippen LogP contribution in [0.15, 0.2) is 24.3 Å². The number of hydrogen-bond acceptors (Lipinski definition) is 3. The number of nitrogens with two attached hydrogens (primary N) is 1. The Morgan fingerprint density at radius 2 is 2.00 bits per heavy atom. The Morgan fingerprint density at radius 3 is 2.50 bits per heavy atom. The van der Waals surface area contributed by atoms with Crippen molar-refractivity contribution in [1.82, 2.24) is 0 Å². The zero-order valence-corrected chi connectivity index (χ0v) is 11.2. The minimum Gasteiger partial charge on any atom is -0.406 e. The van der Waals surface area contributed by atoms with E-state index in [4.69, 9.17) is 10.5 Å². The summed E-state index contributed by atoms with van der Waals surface area (Å²) in [5, 5.41) is 0. The van der Waals surface area contributed by atoms with Gasteiger partial charge in [0.2, 0.25) is 0 Å². The summed E-state index contributed by atoms with van der Waals surface area (Å²) >= 11 is 0. The van der Waals surface area contributed by atoms with Crippen LogP contribution in [0.4, 0.5) is 13.2 Å². The second kappa shape index (κ2) is 5.61. The van der Waals surface area contributed by atoms with Crippen LogP contribution in [-0.2, 0) is 11.2 Å². The Kier molecular flexibility index (Phi) is 4.25. The third-order valence-electron chi connectivity index (χ3n) is 3.65. The molecule has 20 heavy (non-hydrogen) atoms. The normalized spacial score (nSPS) is 24.6. The molecule has 0 bridgehead atoms. The van der Waals surface area contributed by atoms with Crippen molar-refractivity contribution in [3.63, 3.8) is 0 Å². The van der Waals surface area contributed by atoms with Crippen LogP contribution in [0, 0.1) is 0 Å². The summed E-state index contributed by atoms with van der Waals surface area (Å²) in [4.78, 5) is 0. The van der Waals surface area contributed by atoms with Gasteiger partial charge in [-0.2, -0.15) is 0 Å². The second-order valence-electron chi connectivity index (χ2n) is 5.27. The monoisotopic (exact) mass is 289 g/mol. The maximum absolute atomic E-state index is 12.0. The third kappa shape index (κ3) is 3.86. The molecule has 1 aromatic rings. The standard InChI is InChI=1S/C14H18F3NO2/c1-13(7-2-8-19-13)12(18)9-10-3-5-11(6-4-10)20-14(15,16)17/h3-6,12H,2,7-9,18H2,1H3. The largest absolute Gasteiger partial charge is 0.573 e. The maximum atomic E-state index is 12.0. The fourth-order valence-electron chi connectivity index (χ4n) is 2.39. The summed E-state index contributed by atoms with van der Waals surface area (Å²) < 4.78 is 45.6. The van der Waals surface area contributed by atoms with Crippen molar-refractivity contribution in [3.05, 3.63) is 29.8 Å². The van der Waals surface area contributed by atoms with E-state index < -0.39 is 6.36 Å². The van der Waals surface area contributed by atoms with Crippen molar-refractivity contribution in [2.24, 2.45) is 5.73 Å². The molecule has 3 nitrogen and oxygen atoms in total. The van der Waals surface area contributed by atoms with Gasteiger partial charge in [-0.3, -0.25) is 0 Å². The van der Waals surface area contributed by atoms with Gasteiger partial charge in [-0.25, -0.2) is 0 Å². The molecule has 0 saturated carbocycles. The Bertz CT molecular complexity index is 439. The summed E-state index contributed by atoms with van der Waals surface area (Å²) in [6, 6.07) is 5.61. The van der Waals surface area contributed by atoms with Crippen molar-refractivity contribution >= 4 is 0 Å². The van der Waals surface area contributed by atoms with Crippen LogP contribution in [-0.4, -0.2) is 24.6 Å². The molecule has 1 aromatic carbocycles. The molecule has 2 unspecified atom stereocenters. The second-order valence-corrected chi connectivity index (χ2v) is 5.27. The lowest BCUT2D eigenvalue weighted by Crippen LogP contribution is -2.46. The molecule has 0 aromatic heterocycles. The van der Waals surface area contributed by atoms with E-state index in [0.717, 1.165) is 18.4 Å². The summed E-state index contributed by atoms with van der Waals surface area (Å²) in [5.41, 5.74) is 6.67. The fourth-order valence-corrected chi connectivity index (χ4v) is 2.39. The van der Waals surface area contributed by atoms with Crippen molar-refractivity contribution in [2.45, 2.75) is 44.2 Å². The van der Waals surface area contributed by atoms with E-state index in [1.54, 1.807) is 12.1 Å². The molecule has 1 saturated heterocycles. The molecular formula is C14H18F3NO2. The zero-order valence-electron chi connectivity index (χ0n) is 11.2. The number of benzene rings is 1. The highest BCUT2D eigenvalue weighted by Gasteiger charge is 2.36. The summed E-state index contributed by atoms with van der Waals surface area (Å²) in [5.74, 6) is -0.224. The van der Waals surface area contributed by atoms with Gasteiger partial charge in [-0.15, -0.1) is 13.2 Å². The first-order valence-electron chi connectivity index (χ1n) is 6.53. The topological polar surface area (TPSA) is 44.5 Å². The molecule has 0 aliphatic carbocycles. The smallest absolute Gasteiger partial charge is 0.406 e. The number of hydrogen-bond donors (Lipinski definition) is 1. The average Bonchev–Trinajstić information content (AvgIpc) is 2.78. The molecule has 1 heterocycles. The van der Waals surface area contributed by atoms with Gasteiger partial charge in [-0.05, 0) is 43.9 Å². The van der Waals surface area contributed by atoms with Gasteiger partial charge in [-0.1, -0.05) is 12.1 Å². The lowest BCUT2D eigenvalue weighted by Gasteiger charge is -2.30. The van der Waals surface area contributed by atoms with Crippen LogP contribution in [0.2, 0.25) is 0 Å². The van der Waals surface area contributed by atoms with E-state index in [1.807, 2.05) is 6.92 Å². The lowest BCUT2D eigenvalue weighted by molar-refractivity contribution is -0.274. The number of alkyl halides is 3. The van der Waals surface area contributed by atoms with Crippen molar-refractivity contribution in [3.8, 4) is 5.75 Å². The molecular weight excluding hydrogens is 271 g/mol. The Balaban J connectivity index is 1.97. The quantitative estimate of drug-likeness (QED) is 0.926. The predicted molar refractivity (Wildman–Crippen MR) is 68.4 cm³/mol. The molecule has 112 valence electrons. The average molecular weight is 289 g/mol. The highest BCUT2D eigenvalue weighted by atomic mass is 19.4. The van der Waals surface area contributed by atoms with E-state index in [1.165, 1.54) is 12.1 Å². The van der Waals surface area contributed by atoms with E-state index in [2.05, 4.69) is 4.74 Å². The van der Waals surface area contributed by atoms with E-state index >= 15 is 0 Å². The highest BCUT2D eigenvalue weighted by Crippen LogP contribution is 2.29. The number of rotatable bonds is 4. The Morgan fingerprint density at radius 1 is 1.35 bits per heavy atom. The lowest BCUT2D eigenvalue weighted by atomic mass is 9.89. The van der Waals surface area contributed by atoms with Crippen molar-refractivity contribution in [2.75, 3.05) is 6.61 Å². The van der Waals surface area contributed by atoms with Gasteiger partial charge < -0.3 is 15.2 Å². The van der Waals surface area contributed by atoms with Crippen LogP contribution in [0.5, 0.6) is 5.75 Å². The SMILES string of the molecule is CC1(C(N)Cc2ccc(OC(F)(F)F)cc2)CCCO1. The molecule has 1 aliphatic heterocycles. The molecule has 1 aliphatic rings. The predicted octanol–water partition coefficient (Wildman–Crippen LogP) is 3.02. The molecule has 2 N–H and O–H groups in total. The fraction of sp³-hybridized carbons (Fsp3) is 0.571. The summed E-state index contributed by atoms with van der Waals surface area (Å²) in [6.07, 6.45) is -2.21. The van der Waals surface area contributed by atoms with Gasteiger partial charge in [0.25, 0.3) is 0 Å². The van der Waals surface area contributed by atoms with Crippen molar-refractivity contribution < 1.29 is 22.6 Å². The highest BCUT2D eigenvalue weighted by molar-refractivity contribution is 5.28. The molecule has 0 radical (unpaired) electrons. The zero-order chi connectivity index (χ0) is 14.8. The molecule has 1 fully saturated rings. The first kappa shape index (κ1) is 15.1. The van der Waals surface area contributed by atoms with E-state index in [9.17, 15) is 13.2 Å². The van der Waals surface area contributed by atoms with E-state index in [0.29, 0.717) is 13.0 Å². The Labute approximate surface area is 115 Å². The van der Waals surface area contributed by atoms with Gasteiger partial charge in [0.1, 0.15) is 5.75 Å². The van der Waals surface area contributed by atoms with Crippen LogP contribution in [0.3, 0.4) is 0 Å². The minimum atomic E-state index is -4.66. The van der Waals surface area contributed by atoms with Crippen LogP contribution in [0.1, 0.15) is 25.3 Å². The first-order chi connectivity index (χ1) is 9.28. The van der Waals surface area contributed by atoms with E-state index in [-0.39, 0.29) is 17.4 Å². The number of halogens is 3. The molecule has 0 spiro atoms. The Hall–Kier alpha value is -1.27. The van der Waals surface area contributed by atoms with Crippen molar-refractivity contribution in [1.29, 1.82) is 0 Å². The van der Waals surface area contributed by atoms with Gasteiger partial charge in [0, 0.05) is 12.6 Å². The van der Waals surface area contributed by atoms with Gasteiger partial charge >= 0.3 is 6.36 Å². The molecule has 2 atom stereocenters. The number of ether oxygens (including phenoxy) is 2. The van der Waals surface area contributed by atoms with Crippen LogP contribution in [0.25, 0.3) is 0 Å². The summed E-state index contributed by atoms with van der Waals surface area (Å²) in [7, 11) is 0. The van der Waals surface area contributed by atoms with Gasteiger partial charge in [0.05, 0.1) is 5.60 Å². The first-order valence-corrected chi connectivity index (χ1v) is 6.53. The van der Waals surface area contributed by atoms with Crippen LogP contribution < -0.4 is 10.5 Å². The van der Waals surface area contributed by atoms with Crippen LogP contribution >= 0.6 is 0 Å². The summed E-state index contributed by atoms with van der Waals surface area (Å²) in [6.45, 7) is 2.69. The molecule has 2 rings (SSSR count). The molecule has 6 heteroatoms. The maximum Gasteiger partial charge on any atom is 0.573 e. The minimum absolute atomic E-state index is 0.181.